The molecule has 1 unspecified atom stereocenters. The van der Waals surface area contributed by atoms with Crippen LogP contribution in [0.2, 0.25) is 0 Å². The summed E-state index contributed by atoms with van der Waals surface area (Å²) in [5.74, 6) is 0. The Kier molecular flexibility index (Phi) is 3.64. The van der Waals surface area contributed by atoms with E-state index in [0.29, 0.717) is 13.1 Å². The van der Waals surface area contributed by atoms with Gasteiger partial charge in [-0.05, 0) is 18.9 Å². The smallest absolute Gasteiger partial charge is 0.407 e. The molecule has 0 radical (unpaired) electrons. The average molecular weight is 234 g/mol. The molecule has 92 valence electrons. The van der Waals surface area contributed by atoms with Crippen LogP contribution in [0.15, 0.2) is 30.3 Å². The minimum absolute atomic E-state index is 0.259. The van der Waals surface area contributed by atoms with Crippen LogP contribution < -0.4 is 5.32 Å². The number of likely N-dealkylation sites (tertiary alicyclic amines) is 1. The Morgan fingerprint density at radius 3 is 2.76 bits per heavy atom. The minimum atomic E-state index is -0.818. The van der Waals surface area contributed by atoms with Gasteiger partial charge in [-0.3, -0.25) is 0 Å². The number of nitrogens with one attached hydrogen (secondary N) is 1. The monoisotopic (exact) mass is 234 g/mol. The molecule has 1 amide bonds. The maximum atomic E-state index is 10.8. The summed E-state index contributed by atoms with van der Waals surface area (Å²) in [4.78, 5) is 12.3. The molecule has 0 saturated carbocycles. The second-order valence-electron chi connectivity index (χ2n) is 4.51. The van der Waals surface area contributed by atoms with E-state index in [1.165, 1.54) is 10.5 Å². The summed E-state index contributed by atoms with van der Waals surface area (Å²) >= 11 is 0. The average Bonchev–Trinajstić information content (AvgIpc) is 2.79. The molecule has 2 atom stereocenters. The predicted octanol–water partition coefficient (Wildman–Crippen LogP) is 2.09. The molecule has 1 aliphatic heterocycles. The second-order valence-corrected chi connectivity index (χ2v) is 4.51. The van der Waals surface area contributed by atoms with Crippen molar-refractivity contribution in [2.75, 3.05) is 13.1 Å². The molecule has 0 aromatic heterocycles. The third-order valence-corrected chi connectivity index (χ3v) is 3.24. The molecule has 0 bridgehead atoms. The Labute approximate surface area is 101 Å². The van der Waals surface area contributed by atoms with Crippen molar-refractivity contribution in [2.45, 2.75) is 25.4 Å². The largest absolute Gasteiger partial charge is 0.465 e. The topological polar surface area (TPSA) is 52.6 Å². The van der Waals surface area contributed by atoms with Crippen LogP contribution in [0.1, 0.15) is 24.9 Å². The number of amides is 1. The zero-order valence-corrected chi connectivity index (χ0v) is 9.97. The molecule has 2 rings (SSSR count). The number of rotatable bonds is 3. The van der Waals surface area contributed by atoms with E-state index < -0.39 is 6.09 Å². The van der Waals surface area contributed by atoms with E-state index >= 15 is 0 Å². The molecule has 4 heteroatoms. The summed E-state index contributed by atoms with van der Waals surface area (Å²) in [6.45, 7) is 3.33. The van der Waals surface area contributed by atoms with E-state index in [4.69, 9.17) is 5.11 Å². The van der Waals surface area contributed by atoms with E-state index in [0.717, 1.165) is 6.42 Å². The molecule has 1 aromatic carbocycles. The number of hydrogen-bond acceptors (Lipinski definition) is 2. The lowest BCUT2D eigenvalue weighted by Crippen LogP contribution is -2.35. The second kappa shape index (κ2) is 5.19. The number of hydrogen-bond donors (Lipinski definition) is 2. The molecule has 17 heavy (non-hydrogen) atoms. The third kappa shape index (κ3) is 2.97. The first-order valence-electron chi connectivity index (χ1n) is 5.95. The Morgan fingerprint density at radius 2 is 2.18 bits per heavy atom. The quantitative estimate of drug-likeness (QED) is 0.842. The number of nitrogens with zero attached hydrogens (tertiary/aromatic N) is 1. The number of carboxylic acid groups (broad SMARTS) is 1. The van der Waals surface area contributed by atoms with E-state index in [9.17, 15) is 4.79 Å². The fourth-order valence-corrected chi connectivity index (χ4v) is 2.26. The van der Waals surface area contributed by atoms with Crippen LogP contribution in [-0.2, 0) is 0 Å². The highest BCUT2D eigenvalue weighted by atomic mass is 16.4. The van der Waals surface area contributed by atoms with E-state index in [1.807, 2.05) is 18.2 Å². The Hall–Kier alpha value is -1.55. The lowest BCUT2D eigenvalue weighted by molar-refractivity contribution is 0.154. The van der Waals surface area contributed by atoms with Crippen LogP contribution in [0, 0.1) is 0 Å². The van der Waals surface area contributed by atoms with Crippen molar-refractivity contribution in [1.82, 2.24) is 10.2 Å². The minimum Gasteiger partial charge on any atom is -0.465 e. The van der Waals surface area contributed by atoms with Gasteiger partial charge in [0.1, 0.15) is 0 Å². The highest BCUT2D eigenvalue weighted by Crippen LogP contribution is 2.16. The van der Waals surface area contributed by atoms with Crippen molar-refractivity contribution in [1.29, 1.82) is 0 Å². The maximum absolute atomic E-state index is 10.8. The van der Waals surface area contributed by atoms with E-state index in [-0.39, 0.29) is 12.1 Å². The van der Waals surface area contributed by atoms with Gasteiger partial charge in [-0.1, -0.05) is 30.3 Å². The summed E-state index contributed by atoms with van der Waals surface area (Å²) in [5, 5.41) is 12.4. The van der Waals surface area contributed by atoms with Gasteiger partial charge in [-0.2, -0.15) is 0 Å². The fraction of sp³-hybridized carbons (Fsp3) is 0.462. The van der Waals surface area contributed by atoms with E-state index in [1.54, 1.807) is 0 Å². The highest BCUT2D eigenvalue weighted by molar-refractivity contribution is 5.65. The van der Waals surface area contributed by atoms with Crippen molar-refractivity contribution >= 4 is 6.09 Å². The zero-order valence-electron chi connectivity index (χ0n) is 9.97. The lowest BCUT2D eigenvalue weighted by Gasteiger charge is -2.19. The molecule has 1 fully saturated rings. The third-order valence-electron chi connectivity index (χ3n) is 3.24. The summed E-state index contributed by atoms with van der Waals surface area (Å²) < 4.78 is 0. The SMILES string of the molecule is C[C@H](NC1CCN(C(=O)O)C1)c1ccccc1. The van der Waals surface area contributed by atoms with Gasteiger partial charge in [0.15, 0.2) is 0 Å². The first-order valence-corrected chi connectivity index (χ1v) is 5.95. The van der Waals surface area contributed by atoms with Gasteiger partial charge in [0.2, 0.25) is 0 Å². The van der Waals surface area contributed by atoms with Crippen molar-refractivity contribution in [3.05, 3.63) is 35.9 Å². The zero-order chi connectivity index (χ0) is 12.3. The highest BCUT2D eigenvalue weighted by Gasteiger charge is 2.26. The molecule has 1 saturated heterocycles. The summed E-state index contributed by atoms with van der Waals surface area (Å²) in [6, 6.07) is 10.7. The van der Waals surface area contributed by atoms with Crippen LogP contribution in [-0.4, -0.2) is 35.2 Å². The van der Waals surface area contributed by atoms with Gasteiger partial charge in [-0.15, -0.1) is 0 Å². The lowest BCUT2D eigenvalue weighted by atomic mass is 10.1. The molecule has 1 aromatic rings. The van der Waals surface area contributed by atoms with E-state index in [2.05, 4.69) is 24.4 Å². The van der Waals surface area contributed by atoms with Crippen molar-refractivity contribution in [3.63, 3.8) is 0 Å². The van der Waals surface area contributed by atoms with Crippen LogP contribution in [0.25, 0.3) is 0 Å². The number of carbonyl (C=O) groups is 1. The standard InChI is InChI=1S/C13H18N2O2/c1-10(11-5-3-2-4-6-11)14-12-7-8-15(9-12)13(16)17/h2-6,10,12,14H,7-9H2,1H3,(H,16,17)/t10-,12?/m0/s1. The summed E-state index contributed by atoms with van der Waals surface area (Å²) in [5.41, 5.74) is 1.24. The summed E-state index contributed by atoms with van der Waals surface area (Å²) in [6.07, 6.45) is 0.0744. The molecule has 0 aliphatic carbocycles. The Morgan fingerprint density at radius 1 is 1.47 bits per heavy atom. The first-order chi connectivity index (χ1) is 8.16. The normalized spacial score (nSPS) is 21.5. The first kappa shape index (κ1) is 11.9. The van der Waals surface area contributed by atoms with Crippen LogP contribution in [0.3, 0.4) is 0 Å². The molecular weight excluding hydrogens is 216 g/mol. The van der Waals surface area contributed by atoms with Crippen LogP contribution in [0.4, 0.5) is 4.79 Å². The van der Waals surface area contributed by atoms with Crippen LogP contribution in [0.5, 0.6) is 0 Å². The molecule has 2 N–H and O–H groups in total. The Balaban J connectivity index is 1.88. The predicted molar refractivity (Wildman–Crippen MR) is 66.0 cm³/mol. The van der Waals surface area contributed by atoms with Gasteiger partial charge in [0.25, 0.3) is 0 Å². The Bertz CT molecular complexity index is 380. The number of benzene rings is 1. The van der Waals surface area contributed by atoms with Gasteiger partial charge in [0.05, 0.1) is 0 Å². The maximum Gasteiger partial charge on any atom is 0.407 e. The van der Waals surface area contributed by atoms with Crippen molar-refractivity contribution in [2.24, 2.45) is 0 Å². The van der Waals surface area contributed by atoms with Crippen LogP contribution >= 0.6 is 0 Å². The molecule has 0 spiro atoms. The van der Waals surface area contributed by atoms with Gasteiger partial charge < -0.3 is 15.3 Å². The van der Waals surface area contributed by atoms with Gasteiger partial charge in [-0.25, -0.2) is 4.79 Å². The van der Waals surface area contributed by atoms with Gasteiger partial charge in [0, 0.05) is 25.2 Å². The molecule has 1 aliphatic rings. The summed E-state index contributed by atoms with van der Waals surface area (Å²) in [7, 11) is 0. The van der Waals surface area contributed by atoms with Gasteiger partial charge >= 0.3 is 6.09 Å². The fourth-order valence-electron chi connectivity index (χ4n) is 2.26. The van der Waals surface area contributed by atoms with Crippen molar-refractivity contribution in [3.8, 4) is 0 Å². The van der Waals surface area contributed by atoms with Crippen molar-refractivity contribution < 1.29 is 9.90 Å². The molecule has 1 heterocycles. The molecular formula is C13H18N2O2. The molecule has 4 nitrogen and oxygen atoms in total.